The molecule has 6 nitrogen and oxygen atoms in total. The molecule has 0 unspecified atom stereocenters. The molecule has 28 heavy (non-hydrogen) atoms. The van der Waals surface area contributed by atoms with Crippen LogP contribution in [-0.4, -0.2) is 41.5 Å². The van der Waals surface area contributed by atoms with Gasteiger partial charge in [-0.1, -0.05) is 25.3 Å². The van der Waals surface area contributed by atoms with Gasteiger partial charge < -0.3 is 14.4 Å². The van der Waals surface area contributed by atoms with Gasteiger partial charge >= 0.3 is 5.97 Å². The number of thiazole rings is 1. The summed E-state index contributed by atoms with van der Waals surface area (Å²) >= 11 is 1.57. The number of esters is 1. The number of aryl methyl sites for hydroxylation is 1. The molecule has 0 N–H and O–H groups in total. The van der Waals surface area contributed by atoms with E-state index in [9.17, 15) is 9.59 Å². The van der Waals surface area contributed by atoms with Gasteiger partial charge in [0.1, 0.15) is 12.4 Å². The lowest BCUT2D eigenvalue weighted by Gasteiger charge is -2.31. The third-order valence-electron chi connectivity index (χ3n) is 4.97. The highest BCUT2D eigenvalue weighted by Crippen LogP contribution is 2.22. The van der Waals surface area contributed by atoms with Crippen molar-refractivity contribution in [2.45, 2.75) is 51.7 Å². The Morgan fingerprint density at radius 2 is 2.04 bits per heavy atom. The van der Waals surface area contributed by atoms with Gasteiger partial charge in [0.05, 0.1) is 16.3 Å². The average Bonchev–Trinajstić information content (AvgIpc) is 3.15. The van der Waals surface area contributed by atoms with Crippen LogP contribution < -0.4 is 4.74 Å². The quantitative estimate of drug-likeness (QED) is 0.655. The van der Waals surface area contributed by atoms with Crippen LogP contribution in [0.1, 0.15) is 53.2 Å². The van der Waals surface area contributed by atoms with Crippen molar-refractivity contribution in [1.82, 2.24) is 9.88 Å². The first-order valence-electron chi connectivity index (χ1n) is 9.59. The average molecular weight is 403 g/mol. The fraction of sp³-hybridized carbons (Fsp3) is 0.476. The number of likely N-dealkylation sites (N-methyl/N-ethyl adjacent to an activating group) is 1. The van der Waals surface area contributed by atoms with E-state index in [4.69, 9.17) is 9.47 Å². The van der Waals surface area contributed by atoms with Gasteiger partial charge in [0.25, 0.3) is 5.91 Å². The molecule has 1 aliphatic rings. The lowest BCUT2D eigenvalue weighted by molar-refractivity contribution is -0.135. The van der Waals surface area contributed by atoms with E-state index in [0.717, 1.165) is 36.4 Å². The summed E-state index contributed by atoms with van der Waals surface area (Å²) in [6.07, 6.45) is 5.57. The van der Waals surface area contributed by atoms with Crippen molar-refractivity contribution in [3.8, 4) is 5.75 Å². The third-order valence-corrected chi connectivity index (χ3v) is 5.79. The SMILES string of the molecule is Cc1nc(COc2cccc(C(=O)OCC(=O)N(C)C3CCCCC3)c2)cs1. The minimum Gasteiger partial charge on any atom is -0.487 e. The molecule has 2 aromatic rings. The monoisotopic (exact) mass is 402 g/mol. The molecule has 1 fully saturated rings. The summed E-state index contributed by atoms with van der Waals surface area (Å²) in [6.45, 7) is 2.04. The Hall–Kier alpha value is -2.41. The van der Waals surface area contributed by atoms with Crippen molar-refractivity contribution in [1.29, 1.82) is 0 Å². The molecular weight excluding hydrogens is 376 g/mol. The van der Waals surface area contributed by atoms with E-state index < -0.39 is 5.97 Å². The largest absolute Gasteiger partial charge is 0.487 e. The molecule has 1 aliphatic carbocycles. The highest BCUT2D eigenvalue weighted by Gasteiger charge is 2.23. The zero-order chi connectivity index (χ0) is 19.9. The van der Waals surface area contributed by atoms with Crippen LogP contribution in [0.3, 0.4) is 0 Å². The first-order chi connectivity index (χ1) is 13.5. The summed E-state index contributed by atoms with van der Waals surface area (Å²) in [4.78, 5) is 30.7. The number of hydrogen-bond donors (Lipinski definition) is 0. The van der Waals surface area contributed by atoms with Crippen molar-refractivity contribution in [2.24, 2.45) is 0 Å². The highest BCUT2D eigenvalue weighted by molar-refractivity contribution is 7.09. The molecule has 150 valence electrons. The van der Waals surface area contributed by atoms with Crippen LogP contribution in [0, 0.1) is 6.92 Å². The number of benzene rings is 1. The Bertz CT molecular complexity index is 814. The Morgan fingerprint density at radius 1 is 1.25 bits per heavy atom. The van der Waals surface area contributed by atoms with Crippen molar-refractivity contribution in [3.63, 3.8) is 0 Å². The summed E-state index contributed by atoms with van der Waals surface area (Å²) < 4.78 is 10.9. The van der Waals surface area contributed by atoms with Gasteiger partial charge in [-0.05, 0) is 38.0 Å². The number of ether oxygens (including phenoxy) is 2. The first-order valence-corrected chi connectivity index (χ1v) is 10.5. The number of carbonyl (C=O) groups excluding carboxylic acids is 2. The van der Waals surface area contributed by atoms with Gasteiger partial charge in [0, 0.05) is 18.5 Å². The van der Waals surface area contributed by atoms with Gasteiger partial charge in [0.15, 0.2) is 6.61 Å². The summed E-state index contributed by atoms with van der Waals surface area (Å²) in [7, 11) is 1.79. The second-order valence-electron chi connectivity index (χ2n) is 7.05. The van der Waals surface area contributed by atoms with Gasteiger partial charge in [-0.3, -0.25) is 4.79 Å². The van der Waals surface area contributed by atoms with Gasteiger partial charge in [-0.25, -0.2) is 9.78 Å². The number of hydrogen-bond acceptors (Lipinski definition) is 6. The van der Waals surface area contributed by atoms with E-state index in [-0.39, 0.29) is 18.6 Å². The fourth-order valence-electron chi connectivity index (χ4n) is 3.33. The van der Waals surface area contributed by atoms with E-state index in [2.05, 4.69) is 4.98 Å². The van der Waals surface area contributed by atoms with Crippen molar-refractivity contribution >= 4 is 23.2 Å². The molecule has 0 aliphatic heterocycles. The highest BCUT2D eigenvalue weighted by atomic mass is 32.1. The lowest BCUT2D eigenvalue weighted by atomic mass is 9.94. The van der Waals surface area contributed by atoms with Crippen molar-refractivity contribution in [2.75, 3.05) is 13.7 Å². The van der Waals surface area contributed by atoms with Crippen molar-refractivity contribution in [3.05, 3.63) is 45.9 Å². The summed E-state index contributed by atoms with van der Waals surface area (Å²) in [5.74, 6) is -0.127. The smallest absolute Gasteiger partial charge is 0.338 e. The van der Waals surface area contributed by atoms with Crippen LogP contribution in [0.5, 0.6) is 5.75 Å². The molecular formula is C21H26N2O4S. The van der Waals surface area contributed by atoms with E-state index in [1.807, 2.05) is 12.3 Å². The molecule has 0 saturated heterocycles. The van der Waals surface area contributed by atoms with Crippen LogP contribution in [0.2, 0.25) is 0 Å². The Morgan fingerprint density at radius 3 is 2.75 bits per heavy atom. The minimum absolute atomic E-state index is 0.161. The predicted octanol–water partition coefficient (Wildman–Crippen LogP) is 3.98. The molecule has 7 heteroatoms. The molecule has 3 rings (SSSR count). The summed E-state index contributed by atoms with van der Waals surface area (Å²) in [5.41, 5.74) is 1.21. The molecule has 0 atom stereocenters. The normalized spacial score (nSPS) is 14.5. The van der Waals surface area contributed by atoms with Crippen LogP contribution in [0.15, 0.2) is 29.6 Å². The molecule has 0 bridgehead atoms. The van der Waals surface area contributed by atoms with Gasteiger partial charge in [0.2, 0.25) is 0 Å². The molecule has 0 spiro atoms. The number of nitrogens with zero attached hydrogens (tertiary/aromatic N) is 2. The lowest BCUT2D eigenvalue weighted by Crippen LogP contribution is -2.40. The minimum atomic E-state index is -0.527. The predicted molar refractivity (Wildman–Crippen MR) is 108 cm³/mol. The Balaban J connectivity index is 1.50. The summed E-state index contributed by atoms with van der Waals surface area (Å²) in [6, 6.07) is 7.03. The number of carbonyl (C=O) groups is 2. The van der Waals surface area contributed by atoms with Gasteiger partial charge in [-0.15, -0.1) is 11.3 Å². The topological polar surface area (TPSA) is 68.7 Å². The van der Waals surface area contributed by atoms with Gasteiger partial charge in [-0.2, -0.15) is 0 Å². The van der Waals surface area contributed by atoms with Crippen LogP contribution >= 0.6 is 11.3 Å². The standard InChI is InChI=1S/C21H26N2O4S/c1-15-22-17(14-28-15)12-26-19-10-6-7-16(11-19)21(25)27-13-20(24)23(2)18-8-4-3-5-9-18/h6-7,10-11,14,18H,3-5,8-9,12-13H2,1-2H3. The van der Waals surface area contributed by atoms with E-state index in [0.29, 0.717) is 17.9 Å². The number of rotatable bonds is 7. The second-order valence-corrected chi connectivity index (χ2v) is 8.11. The van der Waals surface area contributed by atoms with E-state index in [1.54, 1.807) is 47.5 Å². The van der Waals surface area contributed by atoms with Crippen LogP contribution in [0.4, 0.5) is 0 Å². The molecule has 1 aromatic carbocycles. The Kier molecular flexibility index (Phi) is 7.03. The van der Waals surface area contributed by atoms with Crippen molar-refractivity contribution < 1.29 is 19.1 Å². The first kappa shape index (κ1) is 20.3. The molecule has 1 saturated carbocycles. The molecule has 1 amide bonds. The molecule has 1 heterocycles. The van der Waals surface area contributed by atoms with Crippen LogP contribution in [-0.2, 0) is 16.1 Å². The maximum Gasteiger partial charge on any atom is 0.338 e. The van der Waals surface area contributed by atoms with E-state index >= 15 is 0 Å². The molecule has 1 aromatic heterocycles. The zero-order valence-electron chi connectivity index (χ0n) is 16.3. The summed E-state index contributed by atoms with van der Waals surface area (Å²) in [5, 5.41) is 2.93. The maximum absolute atomic E-state index is 12.3. The second kappa shape index (κ2) is 9.68. The van der Waals surface area contributed by atoms with E-state index in [1.165, 1.54) is 6.42 Å². The van der Waals surface area contributed by atoms with Crippen LogP contribution in [0.25, 0.3) is 0 Å². The third kappa shape index (κ3) is 5.55. The maximum atomic E-state index is 12.3. The zero-order valence-corrected chi connectivity index (χ0v) is 17.2. The number of aromatic nitrogens is 1. The fourth-order valence-corrected chi connectivity index (χ4v) is 3.93. The molecule has 0 radical (unpaired) electrons. The Labute approximate surface area is 169 Å². The number of amides is 1.